The molecule has 1 N–H and O–H groups in total. The molecule has 0 fully saturated rings. The van der Waals surface area contributed by atoms with Gasteiger partial charge in [0, 0.05) is 39.1 Å². The molecule has 264 valence electrons. The predicted molar refractivity (Wildman–Crippen MR) is 206 cm³/mol. The molecule has 0 radical (unpaired) electrons. The third-order valence-corrected chi connectivity index (χ3v) is 11.4. The van der Waals surface area contributed by atoms with E-state index in [1.165, 1.54) is 4.90 Å². The summed E-state index contributed by atoms with van der Waals surface area (Å²) in [5, 5.41) is 16.0. The zero-order chi connectivity index (χ0) is 36.1. The van der Waals surface area contributed by atoms with Crippen molar-refractivity contribution in [2.24, 2.45) is 0 Å². The van der Waals surface area contributed by atoms with Gasteiger partial charge in [-0.2, -0.15) is 0 Å². The molecule has 0 bridgehead atoms. The van der Waals surface area contributed by atoms with E-state index in [-0.39, 0.29) is 42.8 Å². The fourth-order valence-electron chi connectivity index (χ4n) is 8.76. The Morgan fingerprint density at radius 2 is 0.885 bits per heavy atom. The Balaban J connectivity index is 1.22. The normalized spacial score (nSPS) is 14.5. The molecule has 0 unspecified atom stereocenters. The number of rotatable bonds is 14. The highest BCUT2D eigenvalue weighted by Crippen LogP contribution is 2.46. The molecule has 2 aliphatic rings. The first-order valence-corrected chi connectivity index (χ1v) is 19.0. The summed E-state index contributed by atoms with van der Waals surface area (Å²) < 4.78 is 0. The van der Waals surface area contributed by atoms with Crippen molar-refractivity contribution in [2.75, 3.05) is 0 Å². The Kier molecular flexibility index (Phi) is 9.00. The van der Waals surface area contributed by atoms with Crippen LogP contribution in [0.15, 0.2) is 72.8 Å². The van der Waals surface area contributed by atoms with Crippen molar-refractivity contribution < 1.29 is 24.3 Å². The summed E-state index contributed by atoms with van der Waals surface area (Å²) in [5.74, 6) is -1.12. The second-order valence-electron chi connectivity index (χ2n) is 14.6. The van der Waals surface area contributed by atoms with Crippen molar-refractivity contribution in [2.45, 2.75) is 97.2 Å². The van der Waals surface area contributed by atoms with Crippen LogP contribution in [-0.4, -0.2) is 44.6 Å². The van der Waals surface area contributed by atoms with E-state index < -0.39 is 0 Å². The molecule has 0 atom stereocenters. The van der Waals surface area contributed by atoms with Gasteiger partial charge in [0.25, 0.3) is 23.6 Å². The predicted octanol–water partition coefficient (Wildman–Crippen LogP) is 9.93. The molecule has 2 aliphatic heterocycles. The van der Waals surface area contributed by atoms with Gasteiger partial charge in [-0.25, -0.2) is 0 Å². The summed E-state index contributed by atoms with van der Waals surface area (Å²) in [6, 6.07) is 22.3. The molecule has 6 aromatic rings. The molecule has 7 heteroatoms. The third-order valence-electron chi connectivity index (χ3n) is 11.4. The number of nitrogens with zero attached hydrogens (tertiary/aromatic N) is 2. The Bertz CT molecular complexity index is 2260. The van der Waals surface area contributed by atoms with Crippen molar-refractivity contribution in [1.29, 1.82) is 0 Å². The number of amides is 4. The summed E-state index contributed by atoms with van der Waals surface area (Å²) in [6.07, 6.45) is 10.4. The van der Waals surface area contributed by atoms with Crippen LogP contribution in [0.3, 0.4) is 0 Å². The first-order chi connectivity index (χ1) is 25.4. The maximum absolute atomic E-state index is 14.4. The molecular formula is C45H44N2O5. The largest absolute Gasteiger partial charge is 0.392 e. The van der Waals surface area contributed by atoms with Crippen LogP contribution in [-0.2, 0) is 13.2 Å². The number of aliphatic hydroxyl groups is 1. The SMILES string of the molecule is CCCCCCC(CCCCCC)N1C(=O)c2ccc3c4ccc5c6c(ccc(c7ccc(c2c37)C1=O)c64)C(=O)N(Cc1ccc(CO)cc1)C5=O. The number of benzene rings is 6. The molecule has 0 aliphatic carbocycles. The van der Waals surface area contributed by atoms with Gasteiger partial charge in [0.2, 0.25) is 0 Å². The summed E-state index contributed by atoms with van der Waals surface area (Å²) in [5.41, 5.74) is 3.62. The average molecular weight is 693 g/mol. The van der Waals surface area contributed by atoms with E-state index >= 15 is 0 Å². The van der Waals surface area contributed by atoms with Gasteiger partial charge in [-0.1, -0.05) is 114 Å². The molecule has 2 heterocycles. The van der Waals surface area contributed by atoms with Gasteiger partial charge in [-0.05, 0) is 80.6 Å². The summed E-state index contributed by atoms with van der Waals surface area (Å²) >= 11 is 0. The molecule has 8 rings (SSSR count). The van der Waals surface area contributed by atoms with Crippen LogP contribution in [0.4, 0.5) is 0 Å². The second-order valence-corrected chi connectivity index (χ2v) is 14.6. The first-order valence-electron chi connectivity index (χ1n) is 19.0. The molecule has 0 saturated carbocycles. The standard InChI is InChI=1S/C45H44N2O5/c1-3-5-7-9-11-29(12-10-8-6-4-2)47-44(51)36-23-19-32-30-17-21-34-40-35(43(50)46(42(34)49)25-27-13-15-28(26-48)16-14-27)22-18-31(38(30)40)33-20-24-37(45(47)52)41(36)39(32)33/h13-24,29,48H,3-12,25-26H2,1-2H3. The number of carbonyl (C=O) groups excluding carboxylic acids is 4. The zero-order valence-corrected chi connectivity index (χ0v) is 30.0. The van der Waals surface area contributed by atoms with Gasteiger partial charge in [-0.3, -0.25) is 29.0 Å². The Hall–Kier alpha value is -5.14. The molecule has 7 nitrogen and oxygen atoms in total. The first kappa shape index (κ1) is 34.0. The number of unbranched alkanes of at least 4 members (excludes halogenated alkanes) is 6. The topological polar surface area (TPSA) is 95.0 Å². The fraction of sp³-hybridized carbons (Fsp3) is 0.333. The van der Waals surface area contributed by atoms with E-state index in [9.17, 15) is 24.3 Å². The molecule has 6 aromatic carbocycles. The van der Waals surface area contributed by atoms with E-state index in [1.54, 1.807) is 17.0 Å². The van der Waals surface area contributed by atoms with Gasteiger partial charge >= 0.3 is 0 Å². The minimum Gasteiger partial charge on any atom is -0.392 e. The molecule has 0 saturated heterocycles. The van der Waals surface area contributed by atoms with Crippen LogP contribution < -0.4 is 0 Å². The van der Waals surface area contributed by atoms with Gasteiger partial charge in [0.05, 0.1) is 13.2 Å². The smallest absolute Gasteiger partial charge is 0.261 e. The van der Waals surface area contributed by atoms with Crippen LogP contribution in [0, 0.1) is 0 Å². The van der Waals surface area contributed by atoms with E-state index in [4.69, 9.17) is 0 Å². The number of fused-ring (bicyclic) bond motifs is 2. The van der Waals surface area contributed by atoms with Crippen LogP contribution in [0.2, 0.25) is 0 Å². The summed E-state index contributed by atoms with van der Waals surface area (Å²) in [4.78, 5) is 59.7. The summed E-state index contributed by atoms with van der Waals surface area (Å²) in [7, 11) is 0. The van der Waals surface area contributed by atoms with Crippen LogP contribution in [0.1, 0.15) is 131 Å². The Morgan fingerprint density at radius 3 is 1.29 bits per heavy atom. The third kappa shape index (κ3) is 5.36. The quantitative estimate of drug-likeness (QED) is 0.0531. The van der Waals surface area contributed by atoms with E-state index in [0.717, 1.165) is 108 Å². The number of carbonyl (C=O) groups is 4. The van der Waals surface area contributed by atoms with Crippen molar-refractivity contribution in [1.82, 2.24) is 9.80 Å². The van der Waals surface area contributed by atoms with E-state index in [1.807, 2.05) is 60.7 Å². The Labute approximate surface area is 303 Å². The van der Waals surface area contributed by atoms with Crippen molar-refractivity contribution in [3.8, 4) is 0 Å². The highest BCUT2D eigenvalue weighted by atomic mass is 16.3. The zero-order valence-electron chi connectivity index (χ0n) is 30.0. The maximum Gasteiger partial charge on any atom is 0.261 e. The number of aliphatic hydroxyl groups excluding tert-OH is 1. The van der Waals surface area contributed by atoms with Crippen molar-refractivity contribution >= 4 is 66.7 Å². The van der Waals surface area contributed by atoms with Crippen molar-refractivity contribution in [3.63, 3.8) is 0 Å². The second kappa shape index (κ2) is 13.8. The lowest BCUT2D eigenvalue weighted by Crippen LogP contribution is -2.47. The number of hydrogen-bond donors (Lipinski definition) is 1. The Morgan fingerprint density at radius 1 is 0.481 bits per heavy atom. The molecular weight excluding hydrogens is 649 g/mol. The van der Waals surface area contributed by atoms with Crippen molar-refractivity contribution in [3.05, 3.63) is 106 Å². The molecule has 0 aromatic heterocycles. The molecule has 52 heavy (non-hydrogen) atoms. The molecule has 0 spiro atoms. The van der Waals surface area contributed by atoms with Crippen LogP contribution in [0.25, 0.3) is 43.1 Å². The lowest BCUT2D eigenvalue weighted by Gasteiger charge is -2.35. The van der Waals surface area contributed by atoms with Gasteiger partial charge in [0.15, 0.2) is 0 Å². The van der Waals surface area contributed by atoms with E-state index in [2.05, 4.69) is 13.8 Å². The summed E-state index contributed by atoms with van der Waals surface area (Å²) in [6.45, 7) is 4.43. The minimum atomic E-state index is -0.348. The maximum atomic E-state index is 14.4. The van der Waals surface area contributed by atoms with E-state index in [0.29, 0.717) is 33.0 Å². The highest BCUT2D eigenvalue weighted by molar-refractivity contribution is 6.41. The fourth-order valence-corrected chi connectivity index (χ4v) is 8.76. The van der Waals surface area contributed by atoms with Crippen LogP contribution in [0.5, 0.6) is 0 Å². The average Bonchev–Trinajstić information content (AvgIpc) is 3.17. The van der Waals surface area contributed by atoms with Gasteiger partial charge in [-0.15, -0.1) is 0 Å². The minimum absolute atomic E-state index is 0.0781. The highest BCUT2D eigenvalue weighted by Gasteiger charge is 2.39. The van der Waals surface area contributed by atoms with Crippen LogP contribution >= 0.6 is 0 Å². The van der Waals surface area contributed by atoms with Gasteiger partial charge < -0.3 is 5.11 Å². The monoisotopic (exact) mass is 692 g/mol. The lowest BCUT2D eigenvalue weighted by atomic mass is 9.82. The van der Waals surface area contributed by atoms with Gasteiger partial charge in [0.1, 0.15) is 0 Å². The number of imide groups is 2. The molecule has 4 amide bonds. The number of hydrogen-bond acceptors (Lipinski definition) is 5. The lowest BCUT2D eigenvalue weighted by molar-refractivity contribution is 0.0514.